The summed E-state index contributed by atoms with van der Waals surface area (Å²) < 4.78 is 44.8. The molecule has 0 spiro atoms. The number of nitrogens with zero attached hydrogens (tertiary/aromatic N) is 2. The molecule has 2 rings (SSSR count). The maximum atomic E-state index is 12.8. The number of carbonyl (C=O) groups excluding carboxylic acids is 1. The number of unbranched alkanes of at least 4 members (excludes halogenated alkanes) is 9. The largest absolute Gasteiger partial charge is 0.494 e. The Morgan fingerprint density at radius 3 is 2.17 bits per heavy atom. The number of rotatable bonds is 16. The fourth-order valence-corrected chi connectivity index (χ4v) is 3.62. The van der Waals surface area contributed by atoms with Gasteiger partial charge in [-0.05, 0) is 42.3 Å². The van der Waals surface area contributed by atoms with Gasteiger partial charge in [0.1, 0.15) is 12.3 Å². The summed E-state index contributed by atoms with van der Waals surface area (Å²) in [5.74, 6) is 0.0279. The molecule has 0 radical (unpaired) electrons. The first-order valence-electron chi connectivity index (χ1n) is 12.6. The number of carbonyl (C=O) groups is 1. The molecule has 0 atom stereocenters. The van der Waals surface area contributed by atoms with E-state index in [9.17, 15) is 22.8 Å². The summed E-state index contributed by atoms with van der Waals surface area (Å²) in [5.41, 5.74) is 1.20. The maximum absolute atomic E-state index is 12.8. The smallest absolute Gasteiger partial charge is 0.417 e. The van der Waals surface area contributed by atoms with Crippen molar-refractivity contribution in [2.75, 3.05) is 6.61 Å². The number of nitrogens with one attached hydrogen (secondary N) is 1. The van der Waals surface area contributed by atoms with Crippen molar-refractivity contribution in [2.45, 2.75) is 83.9 Å². The van der Waals surface area contributed by atoms with Crippen LogP contribution in [0.2, 0.25) is 0 Å². The van der Waals surface area contributed by atoms with Crippen molar-refractivity contribution in [1.82, 2.24) is 9.99 Å². The minimum absolute atomic E-state index is 0.578. The van der Waals surface area contributed by atoms with Crippen LogP contribution in [0.1, 0.15) is 82.3 Å². The molecular formula is C27H36F3N3O3. The number of amides is 1. The molecule has 9 heteroatoms. The Hall–Kier alpha value is -3.10. The standard InChI is InChI=1S/C27H36F3N3O3/c1-2-3-4-5-6-7-8-9-10-11-18-36-24-15-12-22(13-16-24)19-31-32-25(34)21-33-20-23(27(28,29)30)14-17-26(33)35/h12-17,19-20H,2-11,18,21H2,1H3,(H,32,34). The van der Waals surface area contributed by atoms with Gasteiger partial charge < -0.3 is 9.30 Å². The third kappa shape index (κ3) is 11.6. The molecule has 2 aromatic rings. The molecule has 0 saturated carbocycles. The Balaban J connectivity index is 1.64. The monoisotopic (exact) mass is 507 g/mol. The molecule has 6 nitrogen and oxygen atoms in total. The molecule has 0 aliphatic heterocycles. The number of halogens is 3. The van der Waals surface area contributed by atoms with Crippen LogP contribution < -0.4 is 15.7 Å². The van der Waals surface area contributed by atoms with E-state index in [-0.39, 0.29) is 0 Å². The second-order valence-electron chi connectivity index (χ2n) is 8.77. The molecule has 1 aromatic heterocycles. The van der Waals surface area contributed by atoms with Gasteiger partial charge in [-0.1, -0.05) is 64.7 Å². The summed E-state index contributed by atoms with van der Waals surface area (Å²) in [5, 5.41) is 3.80. The normalized spacial score (nSPS) is 11.7. The Morgan fingerprint density at radius 1 is 0.944 bits per heavy atom. The Morgan fingerprint density at radius 2 is 1.56 bits per heavy atom. The number of pyridine rings is 1. The average molecular weight is 508 g/mol. The van der Waals surface area contributed by atoms with Crippen LogP contribution in [0.15, 0.2) is 52.5 Å². The highest BCUT2D eigenvalue weighted by Gasteiger charge is 2.31. The second kappa shape index (κ2) is 15.8. The SMILES string of the molecule is CCCCCCCCCCCCOc1ccc(C=NNC(=O)Cn2cc(C(F)(F)F)ccc2=O)cc1. The highest BCUT2D eigenvalue weighted by molar-refractivity contribution is 5.82. The first kappa shape index (κ1) is 29.1. The van der Waals surface area contributed by atoms with Gasteiger partial charge in [0.15, 0.2) is 0 Å². The van der Waals surface area contributed by atoms with Crippen LogP contribution in [0.5, 0.6) is 5.75 Å². The van der Waals surface area contributed by atoms with Gasteiger partial charge >= 0.3 is 6.18 Å². The number of alkyl halides is 3. The van der Waals surface area contributed by atoms with Gasteiger partial charge in [0.05, 0.1) is 18.4 Å². The zero-order valence-corrected chi connectivity index (χ0v) is 20.9. The van der Waals surface area contributed by atoms with Crippen LogP contribution in [-0.4, -0.2) is 23.3 Å². The topological polar surface area (TPSA) is 72.7 Å². The van der Waals surface area contributed by atoms with Gasteiger partial charge in [-0.15, -0.1) is 0 Å². The van der Waals surface area contributed by atoms with E-state index in [1.807, 2.05) is 12.1 Å². The highest BCUT2D eigenvalue weighted by atomic mass is 19.4. The molecule has 198 valence electrons. The van der Waals surface area contributed by atoms with Crippen LogP contribution in [0.3, 0.4) is 0 Å². The zero-order chi connectivity index (χ0) is 26.2. The fourth-order valence-electron chi connectivity index (χ4n) is 3.62. The van der Waals surface area contributed by atoms with E-state index in [1.165, 1.54) is 57.6 Å². The number of hydrogen-bond acceptors (Lipinski definition) is 4. The Bertz CT molecular complexity index is 1000. The van der Waals surface area contributed by atoms with Crippen molar-refractivity contribution in [3.8, 4) is 5.75 Å². The third-order valence-electron chi connectivity index (χ3n) is 5.67. The van der Waals surface area contributed by atoms with Crippen molar-refractivity contribution >= 4 is 12.1 Å². The molecule has 0 unspecified atom stereocenters. The lowest BCUT2D eigenvalue weighted by Gasteiger charge is -2.09. The van der Waals surface area contributed by atoms with Crippen LogP contribution in [0, 0.1) is 0 Å². The predicted octanol–water partition coefficient (Wildman–Crippen LogP) is 6.32. The fraction of sp³-hybridized carbons (Fsp3) is 0.519. The third-order valence-corrected chi connectivity index (χ3v) is 5.67. The molecule has 1 N–H and O–H groups in total. The first-order valence-corrected chi connectivity index (χ1v) is 12.6. The highest BCUT2D eigenvalue weighted by Crippen LogP contribution is 2.28. The summed E-state index contributed by atoms with van der Waals surface area (Å²) in [4.78, 5) is 23.7. The van der Waals surface area contributed by atoms with Crippen molar-refractivity contribution in [2.24, 2.45) is 5.10 Å². The second-order valence-corrected chi connectivity index (χ2v) is 8.77. The molecule has 0 aliphatic rings. The minimum Gasteiger partial charge on any atom is -0.494 e. The quantitative estimate of drug-likeness (QED) is 0.164. The van der Waals surface area contributed by atoms with Crippen LogP contribution >= 0.6 is 0 Å². The number of hydrazone groups is 1. The van der Waals surface area contributed by atoms with Crippen molar-refractivity contribution in [1.29, 1.82) is 0 Å². The Kier molecular flexibility index (Phi) is 12.8. The van der Waals surface area contributed by atoms with Crippen molar-refractivity contribution in [3.05, 3.63) is 64.1 Å². The summed E-state index contributed by atoms with van der Waals surface area (Å²) in [6, 6.07) is 8.63. The molecule has 0 fully saturated rings. The van der Waals surface area contributed by atoms with Gasteiger partial charge in [-0.2, -0.15) is 18.3 Å². The van der Waals surface area contributed by atoms with E-state index >= 15 is 0 Å². The van der Waals surface area contributed by atoms with E-state index < -0.39 is 29.8 Å². The molecule has 0 saturated heterocycles. The molecule has 0 bridgehead atoms. The van der Waals surface area contributed by atoms with Crippen LogP contribution in [0.4, 0.5) is 13.2 Å². The predicted molar refractivity (Wildman–Crippen MR) is 135 cm³/mol. The molecule has 1 heterocycles. The number of aromatic nitrogens is 1. The Labute approximate surface area is 210 Å². The molecule has 1 amide bonds. The van der Waals surface area contributed by atoms with E-state index in [2.05, 4.69) is 17.5 Å². The summed E-state index contributed by atoms with van der Waals surface area (Å²) in [6.07, 6.45) is 10.1. The lowest BCUT2D eigenvalue weighted by molar-refractivity contribution is -0.138. The summed E-state index contributed by atoms with van der Waals surface area (Å²) in [7, 11) is 0. The minimum atomic E-state index is -4.60. The summed E-state index contributed by atoms with van der Waals surface area (Å²) >= 11 is 0. The lowest BCUT2D eigenvalue weighted by Crippen LogP contribution is -2.30. The van der Waals surface area contributed by atoms with Crippen molar-refractivity contribution in [3.63, 3.8) is 0 Å². The van der Waals surface area contributed by atoms with Gasteiger partial charge in [0, 0.05) is 12.3 Å². The zero-order valence-electron chi connectivity index (χ0n) is 20.9. The van der Waals surface area contributed by atoms with Gasteiger partial charge in [0.25, 0.3) is 11.5 Å². The maximum Gasteiger partial charge on any atom is 0.417 e. The summed E-state index contributed by atoms with van der Waals surface area (Å²) in [6.45, 7) is 2.32. The van der Waals surface area contributed by atoms with Gasteiger partial charge in [0.2, 0.25) is 0 Å². The first-order chi connectivity index (χ1) is 17.3. The molecular weight excluding hydrogens is 471 g/mol. The molecule has 36 heavy (non-hydrogen) atoms. The van der Waals surface area contributed by atoms with Crippen LogP contribution in [-0.2, 0) is 17.5 Å². The van der Waals surface area contributed by atoms with E-state index in [0.29, 0.717) is 29.0 Å². The lowest BCUT2D eigenvalue weighted by atomic mass is 10.1. The van der Waals surface area contributed by atoms with E-state index in [4.69, 9.17) is 4.74 Å². The number of benzene rings is 1. The van der Waals surface area contributed by atoms with Crippen LogP contribution in [0.25, 0.3) is 0 Å². The van der Waals surface area contributed by atoms with E-state index in [0.717, 1.165) is 24.7 Å². The van der Waals surface area contributed by atoms with Gasteiger partial charge in [-0.3, -0.25) is 9.59 Å². The number of hydrogen-bond donors (Lipinski definition) is 1. The molecule has 0 aliphatic carbocycles. The van der Waals surface area contributed by atoms with Gasteiger partial charge in [-0.25, -0.2) is 5.43 Å². The number of ether oxygens (including phenoxy) is 1. The molecule has 1 aromatic carbocycles. The van der Waals surface area contributed by atoms with E-state index in [1.54, 1.807) is 12.1 Å². The van der Waals surface area contributed by atoms with Crippen molar-refractivity contribution < 1.29 is 22.7 Å². The average Bonchev–Trinajstić information content (AvgIpc) is 2.84.